The lowest BCUT2D eigenvalue weighted by atomic mass is 9.94. The maximum Gasteiger partial charge on any atom is 0.191 e. The number of aliphatic imine (C=N–C) groups is 1. The molecule has 0 amide bonds. The van der Waals surface area contributed by atoms with Gasteiger partial charge in [0.25, 0.3) is 0 Å². The molecule has 0 bridgehead atoms. The van der Waals surface area contributed by atoms with Gasteiger partial charge in [-0.05, 0) is 44.7 Å². The molecule has 1 aromatic heterocycles. The van der Waals surface area contributed by atoms with Crippen LogP contribution in [-0.4, -0.2) is 64.4 Å². The summed E-state index contributed by atoms with van der Waals surface area (Å²) >= 11 is 0. The van der Waals surface area contributed by atoms with Crippen LogP contribution in [0, 0.1) is 11.8 Å². The predicted octanol–water partition coefficient (Wildman–Crippen LogP) is 2.15. The van der Waals surface area contributed by atoms with Crippen LogP contribution in [0.3, 0.4) is 0 Å². The smallest absolute Gasteiger partial charge is 0.191 e. The molecule has 2 rings (SSSR count). The van der Waals surface area contributed by atoms with Crippen LogP contribution in [0.25, 0.3) is 0 Å². The fourth-order valence-corrected chi connectivity index (χ4v) is 3.67. The Kier molecular flexibility index (Phi) is 9.04. The van der Waals surface area contributed by atoms with Gasteiger partial charge in [-0.25, -0.2) is 0 Å². The number of nitrogens with zero attached hydrogens (tertiary/aromatic N) is 5. The van der Waals surface area contributed by atoms with Crippen molar-refractivity contribution in [2.45, 2.75) is 66.5 Å². The number of aromatic nitrogens is 3. The molecule has 1 aromatic rings. The zero-order valence-electron chi connectivity index (χ0n) is 17.9. The molecule has 1 aliphatic heterocycles. The number of hydrogen-bond donors (Lipinski definition) is 2. The molecule has 1 aliphatic rings. The number of aryl methyl sites for hydroxylation is 1. The molecule has 0 aromatic carbocycles. The summed E-state index contributed by atoms with van der Waals surface area (Å²) in [5.74, 6) is 3.40. The largest absolute Gasteiger partial charge is 0.357 e. The monoisotopic (exact) mass is 377 g/mol. The maximum atomic E-state index is 4.90. The van der Waals surface area contributed by atoms with Crippen molar-refractivity contribution in [3.8, 4) is 0 Å². The first-order valence-corrected chi connectivity index (χ1v) is 10.7. The van der Waals surface area contributed by atoms with E-state index < -0.39 is 0 Å². The first-order valence-electron chi connectivity index (χ1n) is 10.7. The van der Waals surface area contributed by atoms with E-state index in [1.165, 1.54) is 25.9 Å². The maximum absolute atomic E-state index is 4.90. The van der Waals surface area contributed by atoms with E-state index in [9.17, 15) is 0 Å². The average Bonchev–Trinajstić information content (AvgIpc) is 3.10. The standard InChI is InChI=1S/C20H39N7/c1-6-19-25-24-15-27(19)13-10-22-20(21-7-2)23-14-18(16(3)4)26-11-8-17(5)9-12-26/h15-18H,6-14H2,1-5H3,(H2,21,22,23). The molecule has 0 aliphatic carbocycles. The fraction of sp³-hybridized carbons (Fsp3) is 0.850. The third-order valence-electron chi connectivity index (χ3n) is 5.49. The molecule has 2 N–H and O–H groups in total. The number of nitrogens with one attached hydrogen (secondary N) is 2. The molecule has 0 radical (unpaired) electrons. The van der Waals surface area contributed by atoms with Crippen LogP contribution in [0.2, 0.25) is 0 Å². The summed E-state index contributed by atoms with van der Waals surface area (Å²) in [6, 6.07) is 0.512. The number of rotatable bonds is 9. The topological polar surface area (TPSA) is 70.4 Å². The quantitative estimate of drug-likeness (QED) is 0.510. The highest BCUT2D eigenvalue weighted by atomic mass is 15.3. The van der Waals surface area contributed by atoms with Crippen LogP contribution >= 0.6 is 0 Å². The first kappa shape index (κ1) is 21.7. The van der Waals surface area contributed by atoms with Crippen LogP contribution in [0.4, 0.5) is 0 Å². The number of guanidine groups is 1. The van der Waals surface area contributed by atoms with Crippen molar-refractivity contribution in [2.75, 3.05) is 32.7 Å². The van der Waals surface area contributed by atoms with Gasteiger partial charge in [0.15, 0.2) is 5.96 Å². The van der Waals surface area contributed by atoms with Crippen molar-refractivity contribution in [1.82, 2.24) is 30.3 Å². The van der Waals surface area contributed by atoms with Crippen molar-refractivity contribution in [2.24, 2.45) is 16.8 Å². The molecule has 0 spiro atoms. The Morgan fingerprint density at radius 1 is 1.26 bits per heavy atom. The van der Waals surface area contributed by atoms with Gasteiger partial charge in [0.1, 0.15) is 12.2 Å². The minimum absolute atomic E-state index is 0.512. The highest BCUT2D eigenvalue weighted by Crippen LogP contribution is 2.21. The summed E-state index contributed by atoms with van der Waals surface area (Å²) in [6.45, 7) is 17.0. The third-order valence-corrected chi connectivity index (χ3v) is 5.49. The average molecular weight is 378 g/mol. The van der Waals surface area contributed by atoms with Gasteiger partial charge in [0.05, 0.1) is 6.54 Å². The first-order chi connectivity index (χ1) is 13.0. The SMILES string of the molecule is CCNC(=NCC(C(C)C)N1CCC(C)CC1)NCCn1cnnc1CC. The van der Waals surface area contributed by atoms with Crippen LogP contribution < -0.4 is 10.6 Å². The number of likely N-dealkylation sites (tertiary alicyclic amines) is 1. The molecule has 2 heterocycles. The van der Waals surface area contributed by atoms with Crippen molar-refractivity contribution in [1.29, 1.82) is 0 Å². The van der Waals surface area contributed by atoms with Gasteiger partial charge >= 0.3 is 0 Å². The highest BCUT2D eigenvalue weighted by Gasteiger charge is 2.25. The summed E-state index contributed by atoms with van der Waals surface area (Å²) in [6.07, 6.45) is 5.32. The van der Waals surface area contributed by atoms with Crippen LogP contribution in [0.15, 0.2) is 11.3 Å². The normalized spacial score (nSPS) is 18.1. The Morgan fingerprint density at radius 2 is 2.00 bits per heavy atom. The molecule has 1 unspecified atom stereocenters. The second-order valence-electron chi connectivity index (χ2n) is 7.97. The van der Waals surface area contributed by atoms with Gasteiger partial charge in [-0.15, -0.1) is 10.2 Å². The van der Waals surface area contributed by atoms with Gasteiger partial charge in [-0.3, -0.25) is 9.89 Å². The van der Waals surface area contributed by atoms with Gasteiger partial charge in [-0.1, -0.05) is 27.7 Å². The van der Waals surface area contributed by atoms with Gasteiger partial charge in [0.2, 0.25) is 0 Å². The van der Waals surface area contributed by atoms with E-state index in [1.807, 2.05) is 0 Å². The molecule has 1 saturated heterocycles. The van der Waals surface area contributed by atoms with Crippen LogP contribution in [-0.2, 0) is 13.0 Å². The minimum Gasteiger partial charge on any atom is -0.357 e. The van der Waals surface area contributed by atoms with E-state index in [1.54, 1.807) is 6.33 Å². The predicted molar refractivity (Wildman–Crippen MR) is 112 cm³/mol. The molecule has 7 nitrogen and oxygen atoms in total. The summed E-state index contributed by atoms with van der Waals surface area (Å²) in [5, 5.41) is 15.0. The van der Waals surface area contributed by atoms with Crippen molar-refractivity contribution in [3.05, 3.63) is 12.2 Å². The lowest BCUT2D eigenvalue weighted by molar-refractivity contribution is 0.113. The van der Waals surface area contributed by atoms with E-state index in [-0.39, 0.29) is 0 Å². The zero-order valence-corrected chi connectivity index (χ0v) is 17.9. The Morgan fingerprint density at radius 3 is 2.63 bits per heavy atom. The molecule has 154 valence electrons. The molecule has 1 atom stereocenters. The molecular weight excluding hydrogens is 338 g/mol. The Hall–Kier alpha value is -1.63. The van der Waals surface area contributed by atoms with Crippen LogP contribution in [0.5, 0.6) is 0 Å². The molecular formula is C20H39N7. The minimum atomic E-state index is 0.512. The summed E-state index contributed by atoms with van der Waals surface area (Å²) in [7, 11) is 0. The van der Waals surface area contributed by atoms with E-state index in [0.717, 1.165) is 50.3 Å². The van der Waals surface area contributed by atoms with E-state index in [2.05, 4.69) is 64.9 Å². The summed E-state index contributed by atoms with van der Waals surface area (Å²) in [5.41, 5.74) is 0. The highest BCUT2D eigenvalue weighted by molar-refractivity contribution is 5.79. The van der Waals surface area contributed by atoms with Crippen molar-refractivity contribution in [3.63, 3.8) is 0 Å². The molecule has 1 fully saturated rings. The third kappa shape index (κ3) is 6.79. The lowest BCUT2D eigenvalue weighted by Crippen LogP contribution is -2.46. The van der Waals surface area contributed by atoms with E-state index in [0.29, 0.717) is 12.0 Å². The van der Waals surface area contributed by atoms with Crippen molar-refractivity contribution >= 4 is 5.96 Å². The summed E-state index contributed by atoms with van der Waals surface area (Å²) in [4.78, 5) is 7.54. The Labute approximate surface area is 165 Å². The fourth-order valence-electron chi connectivity index (χ4n) is 3.67. The van der Waals surface area contributed by atoms with Gasteiger partial charge in [-0.2, -0.15) is 0 Å². The van der Waals surface area contributed by atoms with Crippen LogP contribution in [0.1, 0.15) is 53.3 Å². The summed E-state index contributed by atoms with van der Waals surface area (Å²) < 4.78 is 2.10. The second-order valence-corrected chi connectivity index (χ2v) is 7.97. The molecule has 7 heteroatoms. The zero-order chi connectivity index (χ0) is 19.6. The van der Waals surface area contributed by atoms with Gasteiger partial charge in [0, 0.05) is 32.1 Å². The molecule has 27 heavy (non-hydrogen) atoms. The van der Waals surface area contributed by atoms with Gasteiger partial charge < -0.3 is 15.2 Å². The number of piperidine rings is 1. The Balaban J connectivity index is 1.89. The number of hydrogen-bond acceptors (Lipinski definition) is 4. The Bertz CT molecular complexity index is 558. The lowest BCUT2D eigenvalue weighted by Gasteiger charge is -2.38. The second kappa shape index (κ2) is 11.3. The van der Waals surface area contributed by atoms with E-state index >= 15 is 0 Å². The van der Waals surface area contributed by atoms with E-state index in [4.69, 9.17) is 4.99 Å². The van der Waals surface area contributed by atoms with Crippen molar-refractivity contribution < 1.29 is 0 Å². The molecule has 0 saturated carbocycles.